The van der Waals surface area contributed by atoms with Crippen molar-refractivity contribution in [1.29, 1.82) is 0 Å². The predicted octanol–water partition coefficient (Wildman–Crippen LogP) is 3.80. The van der Waals surface area contributed by atoms with E-state index < -0.39 is 0 Å². The number of amides is 1. The van der Waals surface area contributed by atoms with Gasteiger partial charge in [-0.2, -0.15) is 0 Å². The fraction of sp³-hybridized carbons (Fsp3) is 0.533. The Bertz CT molecular complexity index is 413. The molecule has 0 aliphatic carbocycles. The third-order valence-electron chi connectivity index (χ3n) is 3.14. The van der Waals surface area contributed by atoms with E-state index in [1.807, 2.05) is 18.2 Å². The van der Waals surface area contributed by atoms with Crippen molar-refractivity contribution in [2.45, 2.75) is 47.1 Å². The Kier molecular flexibility index (Phi) is 5.20. The van der Waals surface area contributed by atoms with Crippen LogP contribution >= 0.6 is 0 Å². The first-order valence-electron chi connectivity index (χ1n) is 6.58. The summed E-state index contributed by atoms with van der Waals surface area (Å²) in [7, 11) is 0. The standard InChI is InChI=1S/C15H24N2O/c1-6-14(10(2)3)17-15-9-13(16-12(5)18)8-7-11(15)4/h7-10,14,17H,6H2,1-5H3,(H,16,18). The Morgan fingerprint density at radius 3 is 2.50 bits per heavy atom. The highest BCUT2D eigenvalue weighted by atomic mass is 16.1. The molecule has 18 heavy (non-hydrogen) atoms. The summed E-state index contributed by atoms with van der Waals surface area (Å²) in [6, 6.07) is 6.41. The zero-order chi connectivity index (χ0) is 13.7. The molecule has 0 bridgehead atoms. The number of hydrogen-bond donors (Lipinski definition) is 2. The van der Waals surface area contributed by atoms with E-state index >= 15 is 0 Å². The second-order valence-corrected chi connectivity index (χ2v) is 5.11. The van der Waals surface area contributed by atoms with Crippen LogP contribution in [0.2, 0.25) is 0 Å². The highest BCUT2D eigenvalue weighted by molar-refractivity contribution is 5.89. The smallest absolute Gasteiger partial charge is 0.221 e. The van der Waals surface area contributed by atoms with Crippen molar-refractivity contribution in [3.05, 3.63) is 23.8 Å². The first kappa shape index (κ1) is 14.6. The molecule has 100 valence electrons. The van der Waals surface area contributed by atoms with Crippen molar-refractivity contribution < 1.29 is 4.79 Å². The average molecular weight is 248 g/mol. The molecule has 1 rings (SSSR count). The molecule has 0 aliphatic rings. The molecule has 1 aromatic rings. The van der Waals surface area contributed by atoms with E-state index in [9.17, 15) is 4.79 Å². The summed E-state index contributed by atoms with van der Waals surface area (Å²) in [5.74, 6) is 0.541. The molecular weight excluding hydrogens is 224 g/mol. The summed E-state index contributed by atoms with van der Waals surface area (Å²) >= 11 is 0. The molecular formula is C15H24N2O. The van der Waals surface area contributed by atoms with Crippen LogP contribution in [0.3, 0.4) is 0 Å². The third kappa shape index (κ3) is 4.06. The van der Waals surface area contributed by atoms with Gasteiger partial charge in [0.05, 0.1) is 0 Å². The van der Waals surface area contributed by atoms with Crippen molar-refractivity contribution >= 4 is 17.3 Å². The van der Waals surface area contributed by atoms with Crippen LogP contribution in [-0.2, 0) is 4.79 Å². The van der Waals surface area contributed by atoms with Gasteiger partial charge in [0, 0.05) is 24.3 Å². The Balaban J connectivity index is 2.89. The van der Waals surface area contributed by atoms with E-state index in [1.165, 1.54) is 12.5 Å². The minimum Gasteiger partial charge on any atom is -0.382 e. The summed E-state index contributed by atoms with van der Waals surface area (Å²) in [5, 5.41) is 6.37. The SMILES string of the molecule is CCC(Nc1cc(NC(C)=O)ccc1C)C(C)C. The monoisotopic (exact) mass is 248 g/mol. The first-order valence-corrected chi connectivity index (χ1v) is 6.58. The molecule has 1 aromatic carbocycles. The third-order valence-corrected chi connectivity index (χ3v) is 3.14. The minimum atomic E-state index is -0.0410. The summed E-state index contributed by atoms with van der Waals surface area (Å²) in [6.07, 6.45) is 1.08. The lowest BCUT2D eigenvalue weighted by molar-refractivity contribution is -0.114. The molecule has 3 nitrogen and oxygen atoms in total. The van der Waals surface area contributed by atoms with Gasteiger partial charge in [-0.1, -0.05) is 26.8 Å². The van der Waals surface area contributed by atoms with Crippen LogP contribution in [-0.4, -0.2) is 11.9 Å². The largest absolute Gasteiger partial charge is 0.382 e. The van der Waals surface area contributed by atoms with Crippen LogP contribution in [0.4, 0.5) is 11.4 Å². The molecule has 1 atom stereocenters. The molecule has 0 fully saturated rings. The first-order chi connectivity index (χ1) is 8.43. The number of carbonyl (C=O) groups excluding carboxylic acids is 1. The average Bonchev–Trinajstić information content (AvgIpc) is 2.28. The normalized spacial score (nSPS) is 12.3. The zero-order valence-corrected chi connectivity index (χ0v) is 12.0. The van der Waals surface area contributed by atoms with E-state index in [0.717, 1.165) is 17.8 Å². The molecule has 0 saturated heterocycles. The Morgan fingerprint density at radius 1 is 1.33 bits per heavy atom. The van der Waals surface area contributed by atoms with E-state index in [1.54, 1.807) is 0 Å². The van der Waals surface area contributed by atoms with Gasteiger partial charge in [-0.05, 0) is 37.0 Å². The molecule has 0 aliphatic heterocycles. The molecule has 3 heteroatoms. The van der Waals surface area contributed by atoms with Gasteiger partial charge in [-0.3, -0.25) is 4.79 Å². The summed E-state index contributed by atoms with van der Waals surface area (Å²) in [4.78, 5) is 11.1. The van der Waals surface area contributed by atoms with Gasteiger partial charge in [-0.15, -0.1) is 0 Å². The van der Waals surface area contributed by atoms with Crippen LogP contribution in [0.15, 0.2) is 18.2 Å². The molecule has 0 spiro atoms. The quantitative estimate of drug-likeness (QED) is 0.832. The van der Waals surface area contributed by atoms with Gasteiger partial charge in [-0.25, -0.2) is 0 Å². The summed E-state index contributed by atoms with van der Waals surface area (Å²) in [6.45, 7) is 10.2. The van der Waals surface area contributed by atoms with Crippen LogP contribution in [0.25, 0.3) is 0 Å². The van der Waals surface area contributed by atoms with Gasteiger partial charge in [0.25, 0.3) is 0 Å². The van der Waals surface area contributed by atoms with Crippen molar-refractivity contribution in [2.24, 2.45) is 5.92 Å². The van der Waals surface area contributed by atoms with Crippen LogP contribution in [0.5, 0.6) is 0 Å². The Labute approximate surface area is 110 Å². The van der Waals surface area contributed by atoms with E-state index in [-0.39, 0.29) is 5.91 Å². The molecule has 0 heterocycles. The second-order valence-electron chi connectivity index (χ2n) is 5.11. The maximum Gasteiger partial charge on any atom is 0.221 e. The zero-order valence-electron chi connectivity index (χ0n) is 12.0. The van der Waals surface area contributed by atoms with Gasteiger partial charge < -0.3 is 10.6 Å². The van der Waals surface area contributed by atoms with Crippen molar-refractivity contribution in [3.63, 3.8) is 0 Å². The molecule has 1 amide bonds. The number of rotatable bonds is 5. The van der Waals surface area contributed by atoms with E-state index in [2.05, 4.69) is 38.3 Å². The van der Waals surface area contributed by atoms with Crippen molar-refractivity contribution in [1.82, 2.24) is 0 Å². The number of aryl methyl sites for hydroxylation is 1. The topological polar surface area (TPSA) is 41.1 Å². The summed E-state index contributed by atoms with van der Waals surface area (Å²) < 4.78 is 0. The highest BCUT2D eigenvalue weighted by Gasteiger charge is 2.12. The molecule has 0 radical (unpaired) electrons. The van der Waals surface area contributed by atoms with Gasteiger partial charge in [0.15, 0.2) is 0 Å². The Morgan fingerprint density at radius 2 is 2.00 bits per heavy atom. The minimum absolute atomic E-state index is 0.0410. The van der Waals surface area contributed by atoms with Gasteiger partial charge in [0.2, 0.25) is 5.91 Å². The van der Waals surface area contributed by atoms with Gasteiger partial charge >= 0.3 is 0 Å². The maximum atomic E-state index is 11.1. The van der Waals surface area contributed by atoms with Crippen LogP contribution in [0.1, 0.15) is 39.7 Å². The maximum absolute atomic E-state index is 11.1. The van der Waals surface area contributed by atoms with Crippen molar-refractivity contribution in [2.75, 3.05) is 10.6 Å². The lowest BCUT2D eigenvalue weighted by Crippen LogP contribution is -2.25. The lowest BCUT2D eigenvalue weighted by Gasteiger charge is -2.23. The summed E-state index contributed by atoms with van der Waals surface area (Å²) in [5.41, 5.74) is 3.14. The second kappa shape index (κ2) is 6.43. The van der Waals surface area contributed by atoms with Crippen molar-refractivity contribution in [3.8, 4) is 0 Å². The highest BCUT2D eigenvalue weighted by Crippen LogP contribution is 2.23. The molecule has 0 saturated carbocycles. The number of anilines is 2. The molecule has 0 aromatic heterocycles. The fourth-order valence-electron chi connectivity index (χ4n) is 2.00. The number of nitrogens with one attached hydrogen (secondary N) is 2. The fourth-order valence-corrected chi connectivity index (χ4v) is 2.00. The molecule has 1 unspecified atom stereocenters. The van der Waals surface area contributed by atoms with Gasteiger partial charge in [0.1, 0.15) is 0 Å². The van der Waals surface area contributed by atoms with Crippen LogP contribution in [0, 0.1) is 12.8 Å². The van der Waals surface area contributed by atoms with E-state index in [4.69, 9.17) is 0 Å². The number of carbonyl (C=O) groups is 1. The van der Waals surface area contributed by atoms with Crippen LogP contribution < -0.4 is 10.6 Å². The van der Waals surface area contributed by atoms with E-state index in [0.29, 0.717) is 12.0 Å². The number of hydrogen-bond acceptors (Lipinski definition) is 2. The lowest BCUT2D eigenvalue weighted by atomic mass is 10.0. The number of benzene rings is 1. The molecule has 2 N–H and O–H groups in total. The predicted molar refractivity (Wildman–Crippen MR) is 78.0 cm³/mol. The Hall–Kier alpha value is -1.51.